The zero-order valence-electron chi connectivity index (χ0n) is 16.2. The molecule has 1 amide bonds. The molecule has 0 bridgehead atoms. The summed E-state index contributed by atoms with van der Waals surface area (Å²) in [5.41, 5.74) is 1.89. The highest BCUT2D eigenvalue weighted by Gasteiger charge is 2.22. The standard InChI is InChI=1S/C21H22N2O5S/c1-23(12-16-6-4-3-5-7-16)20(24)15-29(25,26)14-18-13-28-21(22-18)17-8-10-19(27-2)11-9-17/h3-11,13H,12,14-15H2,1-2H3. The third kappa shape index (κ3) is 5.68. The molecule has 2 aromatic carbocycles. The largest absolute Gasteiger partial charge is 0.497 e. The van der Waals surface area contributed by atoms with Gasteiger partial charge in [-0.2, -0.15) is 0 Å². The second-order valence-corrected chi connectivity index (χ2v) is 8.70. The molecule has 3 aromatic rings. The van der Waals surface area contributed by atoms with Gasteiger partial charge in [0.1, 0.15) is 17.8 Å². The summed E-state index contributed by atoms with van der Waals surface area (Å²) in [6.07, 6.45) is 1.30. The Labute approximate surface area is 169 Å². The molecule has 0 spiro atoms. The lowest BCUT2D eigenvalue weighted by atomic mass is 10.2. The molecule has 0 atom stereocenters. The minimum Gasteiger partial charge on any atom is -0.497 e. The van der Waals surface area contributed by atoms with E-state index in [4.69, 9.17) is 9.15 Å². The first kappa shape index (κ1) is 20.6. The lowest BCUT2D eigenvalue weighted by molar-refractivity contribution is -0.127. The molecular weight excluding hydrogens is 392 g/mol. The normalized spacial score (nSPS) is 11.2. The van der Waals surface area contributed by atoms with Gasteiger partial charge in [0.15, 0.2) is 9.84 Å². The van der Waals surface area contributed by atoms with Gasteiger partial charge in [-0.3, -0.25) is 4.79 Å². The Morgan fingerprint density at radius 2 is 1.79 bits per heavy atom. The number of benzene rings is 2. The molecule has 0 saturated carbocycles. The molecule has 0 aliphatic rings. The van der Waals surface area contributed by atoms with E-state index in [1.807, 2.05) is 30.3 Å². The van der Waals surface area contributed by atoms with Crippen molar-refractivity contribution in [1.82, 2.24) is 9.88 Å². The lowest BCUT2D eigenvalue weighted by Gasteiger charge is -2.17. The number of methoxy groups -OCH3 is 1. The Kier molecular flexibility index (Phi) is 6.33. The number of sulfone groups is 1. The molecular formula is C21H22N2O5S. The highest BCUT2D eigenvalue weighted by atomic mass is 32.2. The van der Waals surface area contributed by atoms with Gasteiger partial charge in [-0.1, -0.05) is 30.3 Å². The summed E-state index contributed by atoms with van der Waals surface area (Å²) in [6.45, 7) is 0.348. The summed E-state index contributed by atoms with van der Waals surface area (Å²) >= 11 is 0. The van der Waals surface area contributed by atoms with E-state index < -0.39 is 21.5 Å². The van der Waals surface area contributed by atoms with Crippen molar-refractivity contribution in [3.8, 4) is 17.2 Å². The Morgan fingerprint density at radius 3 is 2.45 bits per heavy atom. The van der Waals surface area contributed by atoms with Gasteiger partial charge in [0.05, 0.1) is 18.6 Å². The van der Waals surface area contributed by atoms with Crippen molar-refractivity contribution >= 4 is 15.7 Å². The maximum Gasteiger partial charge on any atom is 0.237 e. The topological polar surface area (TPSA) is 89.7 Å². The van der Waals surface area contributed by atoms with Gasteiger partial charge in [-0.15, -0.1) is 0 Å². The Morgan fingerprint density at radius 1 is 1.10 bits per heavy atom. The molecule has 3 rings (SSSR count). The Bertz CT molecular complexity index is 1060. The molecule has 1 heterocycles. The molecule has 0 unspecified atom stereocenters. The van der Waals surface area contributed by atoms with Gasteiger partial charge in [-0.05, 0) is 29.8 Å². The monoisotopic (exact) mass is 414 g/mol. The second kappa shape index (κ2) is 8.91. The van der Waals surface area contributed by atoms with Gasteiger partial charge >= 0.3 is 0 Å². The van der Waals surface area contributed by atoms with Crippen molar-refractivity contribution in [3.63, 3.8) is 0 Å². The van der Waals surface area contributed by atoms with Crippen LogP contribution in [-0.2, 0) is 26.9 Å². The van der Waals surface area contributed by atoms with Crippen molar-refractivity contribution in [3.05, 3.63) is 72.1 Å². The molecule has 0 fully saturated rings. The van der Waals surface area contributed by atoms with Crippen LogP contribution in [0.5, 0.6) is 5.75 Å². The number of oxazole rings is 1. The molecule has 7 nitrogen and oxygen atoms in total. The molecule has 0 aliphatic carbocycles. The number of nitrogens with zero attached hydrogens (tertiary/aromatic N) is 2. The molecule has 0 saturated heterocycles. The third-order valence-electron chi connectivity index (χ3n) is 4.29. The van der Waals surface area contributed by atoms with Crippen LogP contribution in [0.2, 0.25) is 0 Å². The number of aromatic nitrogens is 1. The molecule has 152 valence electrons. The van der Waals surface area contributed by atoms with Crippen molar-refractivity contribution in [1.29, 1.82) is 0 Å². The second-order valence-electron chi connectivity index (χ2n) is 6.64. The van der Waals surface area contributed by atoms with Gasteiger partial charge < -0.3 is 14.1 Å². The van der Waals surface area contributed by atoms with Gasteiger partial charge in [0.25, 0.3) is 0 Å². The zero-order chi connectivity index (χ0) is 20.9. The number of carbonyl (C=O) groups excluding carboxylic acids is 1. The fourth-order valence-electron chi connectivity index (χ4n) is 2.76. The van der Waals surface area contributed by atoms with E-state index in [1.54, 1.807) is 38.4 Å². The maximum atomic E-state index is 12.5. The van der Waals surface area contributed by atoms with E-state index in [-0.39, 0.29) is 11.4 Å². The van der Waals surface area contributed by atoms with Crippen LogP contribution in [-0.4, -0.2) is 44.1 Å². The number of hydrogen-bond acceptors (Lipinski definition) is 6. The smallest absolute Gasteiger partial charge is 0.237 e. The minimum absolute atomic E-state index is 0.259. The van der Waals surface area contributed by atoms with Gasteiger partial charge in [0, 0.05) is 19.2 Å². The van der Waals surface area contributed by atoms with E-state index in [9.17, 15) is 13.2 Å². The van der Waals surface area contributed by atoms with Crippen molar-refractivity contribution in [2.45, 2.75) is 12.3 Å². The molecule has 29 heavy (non-hydrogen) atoms. The minimum atomic E-state index is -3.68. The first-order chi connectivity index (χ1) is 13.9. The number of amides is 1. The van der Waals surface area contributed by atoms with Crippen molar-refractivity contribution in [2.24, 2.45) is 0 Å². The van der Waals surface area contributed by atoms with Crippen LogP contribution in [0.1, 0.15) is 11.3 Å². The van der Waals surface area contributed by atoms with Crippen molar-refractivity contribution < 1.29 is 22.4 Å². The summed E-state index contributed by atoms with van der Waals surface area (Å²) in [5.74, 6) is -0.405. The first-order valence-corrected chi connectivity index (χ1v) is 10.8. The van der Waals surface area contributed by atoms with Crippen LogP contribution in [0.15, 0.2) is 65.3 Å². The fourth-order valence-corrected chi connectivity index (χ4v) is 4.04. The molecule has 0 radical (unpaired) electrons. The summed E-state index contributed by atoms with van der Waals surface area (Å²) in [4.78, 5) is 18.0. The van der Waals surface area contributed by atoms with E-state index in [0.29, 0.717) is 23.7 Å². The number of ether oxygens (including phenoxy) is 1. The summed E-state index contributed by atoms with van der Waals surface area (Å²) in [7, 11) is -0.527. The van der Waals surface area contributed by atoms with Crippen LogP contribution in [0.25, 0.3) is 11.5 Å². The lowest BCUT2D eigenvalue weighted by Crippen LogP contribution is -2.32. The van der Waals surface area contributed by atoms with E-state index >= 15 is 0 Å². The molecule has 8 heteroatoms. The number of carbonyl (C=O) groups is 1. The van der Waals surface area contributed by atoms with E-state index in [2.05, 4.69) is 4.98 Å². The summed E-state index contributed by atoms with van der Waals surface area (Å²) in [6, 6.07) is 16.5. The Balaban J connectivity index is 1.61. The van der Waals surface area contributed by atoms with E-state index in [0.717, 1.165) is 5.56 Å². The highest BCUT2D eigenvalue weighted by molar-refractivity contribution is 7.91. The Hall–Kier alpha value is -3.13. The third-order valence-corrected chi connectivity index (χ3v) is 5.71. The van der Waals surface area contributed by atoms with Crippen LogP contribution in [0, 0.1) is 0 Å². The number of hydrogen-bond donors (Lipinski definition) is 0. The molecule has 0 aliphatic heterocycles. The molecule has 1 aromatic heterocycles. The summed E-state index contributed by atoms with van der Waals surface area (Å²) in [5, 5.41) is 0. The van der Waals surface area contributed by atoms with Crippen LogP contribution in [0.4, 0.5) is 0 Å². The van der Waals surface area contributed by atoms with Crippen LogP contribution >= 0.6 is 0 Å². The zero-order valence-corrected chi connectivity index (χ0v) is 17.1. The average Bonchev–Trinajstić information content (AvgIpc) is 3.16. The van der Waals surface area contributed by atoms with Crippen LogP contribution in [0.3, 0.4) is 0 Å². The highest BCUT2D eigenvalue weighted by Crippen LogP contribution is 2.22. The van der Waals surface area contributed by atoms with Gasteiger partial charge in [-0.25, -0.2) is 13.4 Å². The SMILES string of the molecule is COc1ccc(-c2nc(CS(=O)(=O)CC(=O)N(C)Cc3ccccc3)co2)cc1. The van der Waals surface area contributed by atoms with Crippen LogP contribution < -0.4 is 4.74 Å². The summed E-state index contributed by atoms with van der Waals surface area (Å²) < 4.78 is 35.4. The van der Waals surface area contributed by atoms with E-state index in [1.165, 1.54) is 11.2 Å². The van der Waals surface area contributed by atoms with Gasteiger partial charge in [0.2, 0.25) is 11.8 Å². The number of rotatable bonds is 8. The fraction of sp³-hybridized carbons (Fsp3) is 0.238. The maximum absolute atomic E-state index is 12.5. The quantitative estimate of drug-likeness (QED) is 0.563. The first-order valence-electron chi connectivity index (χ1n) is 8.93. The predicted octanol–water partition coefficient (Wildman–Crippen LogP) is 2.92. The molecule has 0 N–H and O–H groups in total. The predicted molar refractivity (Wildman–Crippen MR) is 109 cm³/mol. The average molecular weight is 414 g/mol. The van der Waals surface area contributed by atoms with Crippen molar-refractivity contribution in [2.75, 3.05) is 19.9 Å².